The van der Waals surface area contributed by atoms with Crippen LogP contribution < -0.4 is 13.8 Å². The van der Waals surface area contributed by atoms with E-state index in [0.717, 1.165) is 42.2 Å². The fraction of sp³-hybridized carbons (Fsp3) is 0.371. The number of carbonyl (C=O) groups excluding carboxylic acids is 1. The van der Waals surface area contributed by atoms with Crippen molar-refractivity contribution in [1.82, 2.24) is 14.8 Å². The van der Waals surface area contributed by atoms with Crippen molar-refractivity contribution in [2.75, 3.05) is 38.2 Å². The summed E-state index contributed by atoms with van der Waals surface area (Å²) in [5.74, 6) is 0.781. The molecular weight excluding hydrogens is 640 g/mol. The topological polar surface area (TPSA) is 105 Å². The molecule has 0 aliphatic carbocycles. The molecule has 4 heterocycles. The van der Waals surface area contributed by atoms with Gasteiger partial charge in [-0.2, -0.15) is 0 Å². The molecule has 3 aromatic carbocycles. The SMILES string of the molecule is COc1ccc(S(=O)(=O)N2C(=O)C(c3cc(CN4CCCCC4)ccc3OC)(N3CCC[C@H]3c3ncco3)c3cc(Cl)ccc32)cc1. The van der Waals surface area contributed by atoms with E-state index in [4.69, 9.17) is 25.5 Å². The number of halogens is 1. The number of methoxy groups -OCH3 is 2. The average molecular weight is 677 g/mol. The lowest BCUT2D eigenvalue weighted by atomic mass is 9.80. The van der Waals surface area contributed by atoms with E-state index in [0.29, 0.717) is 53.0 Å². The summed E-state index contributed by atoms with van der Waals surface area (Å²) in [4.78, 5) is 24.4. The zero-order valence-electron chi connectivity index (χ0n) is 26.4. The van der Waals surface area contributed by atoms with Crippen molar-refractivity contribution in [3.63, 3.8) is 0 Å². The van der Waals surface area contributed by atoms with Crippen molar-refractivity contribution in [3.05, 3.63) is 101 Å². The van der Waals surface area contributed by atoms with E-state index in [1.54, 1.807) is 43.6 Å². The molecule has 4 aromatic rings. The van der Waals surface area contributed by atoms with Gasteiger partial charge in [0.25, 0.3) is 15.9 Å². The molecule has 2 atom stereocenters. The Labute approximate surface area is 279 Å². The minimum atomic E-state index is -4.40. The van der Waals surface area contributed by atoms with Gasteiger partial charge in [-0.25, -0.2) is 17.7 Å². The number of oxazole rings is 1. The maximum absolute atomic E-state index is 15.5. The highest BCUT2D eigenvalue weighted by Crippen LogP contribution is 2.57. The Balaban J connectivity index is 1.48. The predicted octanol–water partition coefficient (Wildman–Crippen LogP) is 6.15. The van der Waals surface area contributed by atoms with Gasteiger partial charge in [-0.3, -0.25) is 14.6 Å². The molecule has 3 aliphatic heterocycles. The number of nitrogens with zero attached hydrogens (tertiary/aromatic N) is 4. The monoisotopic (exact) mass is 676 g/mol. The molecule has 0 N–H and O–H groups in total. The quantitative estimate of drug-likeness (QED) is 0.207. The number of benzene rings is 3. The number of hydrogen-bond donors (Lipinski definition) is 0. The van der Waals surface area contributed by atoms with Crippen LogP contribution in [-0.4, -0.2) is 63.0 Å². The number of ether oxygens (including phenoxy) is 2. The molecule has 47 heavy (non-hydrogen) atoms. The van der Waals surface area contributed by atoms with Gasteiger partial charge in [-0.1, -0.05) is 24.1 Å². The molecule has 12 heteroatoms. The second-order valence-corrected chi connectivity index (χ2v) is 14.4. The molecule has 0 spiro atoms. The molecule has 2 saturated heterocycles. The van der Waals surface area contributed by atoms with Crippen molar-refractivity contribution in [3.8, 4) is 11.5 Å². The van der Waals surface area contributed by atoms with Crippen LogP contribution in [0.15, 0.2) is 82.4 Å². The second kappa shape index (κ2) is 12.6. The van der Waals surface area contributed by atoms with E-state index >= 15 is 4.79 Å². The van der Waals surface area contributed by atoms with E-state index < -0.39 is 27.5 Å². The zero-order chi connectivity index (χ0) is 32.8. The number of amides is 1. The number of likely N-dealkylation sites (tertiary alicyclic amines) is 2. The van der Waals surface area contributed by atoms with Crippen LogP contribution in [0, 0.1) is 0 Å². The third-order valence-corrected chi connectivity index (χ3v) is 11.5. The molecule has 2 fully saturated rings. The minimum absolute atomic E-state index is 0.0418. The van der Waals surface area contributed by atoms with Crippen LogP contribution in [0.25, 0.3) is 0 Å². The Hall–Kier alpha value is -3.90. The first-order valence-electron chi connectivity index (χ1n) is 15.9. The Bertz CT molecular complexity index is 1880. The highest BCUT2D eigenvalue weighted by Gasteiger charge is 2.62. The molecule has 0 bridgehead atoms. The Morgan fingerprint density at radius 2 is 1.72 bits per heavy atom. The summed E-state index contributed by atoms with van der Waals surface area (Å²) in [6.07, 6.45) is 7.99. The molecule has 0 radical (unpaired) electrons. The van der Waals surface area contributed by atoms with E-state index in [1.807, 2.05) is 23.1 Å². The number of rotatable bonds is 9. The first kappa shape index (κ1) is 31.7. The van der Waals surface area contributed by atoms with Crippen LogP contribution >= 0.6 is 11.6 Å². The average Bonchev–Trinajstić information content (AvgIpc) is 3.84. The minimum Gasteiger partial charge on any atom is -0.497 e. The van der Waals surface area contributed by atoms with Crippen molar-refractivity contribution in [2.45, 2.75) is 55.1 Å². The lowest BCUT2D eigenvalue weighted by Crippen LogP contribution is -2.54. The van der Waals surface area contributed by atoms with Gasteiger partial charge in [-0.05, 0) is 98.9 Å². The van der Waals surface area contributed by atoms with Gasteiger partial charge in [0.05, 0.1) is 37.0 Å². The zero-order valence-corrected chi connectivity index (χ0v) is 28.0. The smallest absolute Gasteiger partial charge is 0.271 e. The molecule has 246 valence electrons. The lowest BCUT2D eigenvalue weighted by Gasteiger charge is -2.41. The Morgan fingerprint density at radius 1 is 0.936 bits per heavy atom. The lowest BCUT2D eigenvalue weighted by molar-refractivity contribution is -0.127. The Morgan fingerprint density at radius 3 is 2.43 bits per heavy atom. The maximum Gasteiger partial charge on any atom is 0.271 e. The number of anilines is 1. The number of carbonyl (C=O) groups is 1. The predicted molar refractivity (Wildman–Crippen MR) is 177 cm³/mol. The number of aromatic nitrogens is 1. The number of piperidine rings is 1. The summed E-state index contributed by atoms with van der Waals surface area (Å²) in [7, 11) is -1.33. The van der Waals surface area contributed by atoms with Crippen LogP contribution in [0.3, 0.4) is 0 Å². The summed E-state index contributed by atoms with van der Waals surface area (Å²) in [6, 6.07) is 16.4. The molecule has 1 amide bonds. The van der Waals surface area contributed by atoms with Crippen molar-refractivity contribution in [2.24, 2.45) is 0 Å². The van der Waals surface area contributed by atoms with Crippen molar-refractivity contribution >= 4 is 33.2 Å². The van der Waals surface area contributed by atoms with E-state index in [2.05, 4.69) is 9.88 Å². The molecule has 1 aromatic heterocycles. The van der Waals surface area contributed by atoms with Crippen molar-refractivity contribution < 1.29 is 27.1 Å². The summed E-state index contributed by atoms with van der Waals surface area (Å²) >= 11 is 6.69. The summed E-state index contributed by atoms with van der Waals surface area (Å²) in [6.45, 7) is 3.16. The molecule has 3 aliphatic rings. The molecule has 1 unspecified atom stereocenters. The standard InChI is InChI=1S/C35H37ClN4O6S/c1-44-26-10-12-27(13-11-26)47(42,43)40-30-14-9-25(36)22-28(30)35(34(40)41,39-19-6-7-31(39)33-37-16-20-46-33)29-21-24(8-15-32(29)45-2)23-38-17-4-3-5-18-38/h8-16,20-22,31H,3-7,17-19,23H2,1-2H3/t31-,35?/m0/s1. The van der Waals surface area contributed by atoms with Crippen molar-refractivity contribution in [1.29, 1.82) is 0 Å². The highest BCUT2D eigenvalue weighted by atomic mass is 35.5. The first-order valence-corrected chi connectivity index (χ1v) is 17.7. The third-order valence-electron chi connectivity index (χ3n) is 9.59. The highest BCUT2D eigenvalue weighted by molar-refractivity contribution is 7.93. The van der Waals surface area contributed by atoms with Crippen LogP contribution in [0.4, 0.5) is 5.69 Å². The van der Waals surface area contributed by atoms with Gasteiger partial charge < -0.3 is 13.9 Å². The van der Waals surface area contributed by atoms with E-state index in [1.165, 1.54) is 31.9 Å². The fourth-order valence-electron chi connectivity index (χ4n) is 7.47. The molecule has 7 rings (SSSR count). The van der Waals surface area contributed by atoms with Gasteiger partial charge in [0.2, 0.25) is 5.89 Å². The van der Waals surface area contributed by atoms with Crippen LogP contribution in [0.1, 0.15) is 60.7 Å². The maximum atomic E-state index is 15.5. The van der Waals surface area contributed by atoms with Gasteiger partial charge >= 0.3 is 0 Å². The van der Waals surface area contributed by atoms with Crippen LogP contribution in [0.2, 0.25) is 5.02 Å². The van der Waals surface area contributed by atoms with Crippen LogP contribution in [0.5, 0.6) is 11.5 Å². The summed E-state index contributed by atoms with van der Waals surface area (Å²) in [5, 5.41) is 0.375. The van der Waals surface area contributed by atoms with Gasteiger partial charge in [0.1, 0.15) is 17.8 Å². The molecule has 10 nitrogen and oxygen atoms in total. The van der Waals surface area contributed by atoms with E-state index in [-0.39, 0.29) is 10.6 Å². The fourth-order valence-corrected chi connectivity index (χ4v) is 9.10. The second-order valence-electron chi connectivity index (χ2n) is 12.2. The Kier molecular flexibility index (Phi) is 8.50. The van der Waals surface area contributed by atoms with Gasteiger partial charge in [0, 0.05) is 29.2 Å². The molecular formula is C35H37ClN4O6S. The first-order chi connectivity index (χ1) is 22.8. The molecule has 0 saturated carbocycles. The summed E-state index contributed by atoms with van der Waals surface area (Å²) in [5.41, 5.74) is 0.602. The normalized spacial score (nSPS) is 22.1. The third kappa shape index (κ3) is 5.29. The number of fused-ring (bicyclic) bond motifs is 1. The van der Waals surface area contributed by atoms with E-state index in [9.17, 15) is 8.42 Å². The number of sulfonamides is 1. The van der Waals surface area contributed by atoms with Gasteiger partial charge in [0.15, 0.2) is 5.54 Å². The van der Waals surface area contributed by atoms with Crippen LogP contribution in [-0.2, 0) is 26.9 Å². The summed E-state index contributed by atoms with van der Waals surface area (Å²) < 4.78 is 47.1. The van der Waals surface area contributed by atoms with Gasteiger partial charge in [-0.15, -0.1) is 0 Å². The largest absolute Gasteiger partial charge is 0.497 e. The number of hydrogen-bond acceptors (Lipinski definition) is 9.